The first kappa shape index (κ1) is 15.3. The number of nitrogens with zero attached hydrogens (tertiary/aromatic N) is 2. The van der Waals surface area contributed by atoms with Crippen molar-refractivity contribution in [3.8, 4) is 0 Å². The lowest BCUT2D eigenvalue weighted by atomic mass is 9.99. The number of hydrogen-bond donors (Lipinski definition) is 1. The van der Waals surface area contributed by atoms with Crippen LogP contribution >= 0.6 is 0 Å². The van der Waals surface area contributed by atoms with Crippen molar-refractivity contribution in [1.29, 1.82) is 0 Å². The molecule has 0 saturated carbocycles. The largest absolute Gasteiger partial charge is 0.370 e. The molecule has 1 aliphatic rings. The zero-order valence-electron chi connectivity index (χ0n) is 13.4. The van der Waals surface area contributed by atoms with Gasteiger partial charge in [0.25, 0.3) is 0 Å². The maximum atomic E-state index is 6.02. The van der Waals surface area contributed by atoms with Crippen LogP contribution in [0.3, 0.4) is 0 Å². The van der Waals surface area contributed by atoms with Gasteiger partial charge in [0.2, 0.25) is 0 Å². The highest BCUT2D eigenvalue weighted by Crippen LogP contribution is 2.27. The highest BCUT2D eigenvalue weighted by Gasteiger charge is 2.23. The van der Waals surface area contributed by atoms with E-state index >= 15 is 0 Å². The lowest BCUT2D eigenvalue weighted by Gasteiger charge is -2.38. The van der Waals surface area contributed by atoms with Crippen LogP contribution in [0.25, 0.3) is 0 Å². The van der Waals surface area contributed by atoms with Gasteiger partial charge in [-0.25, -0.2) is 0 Å². The Kier molecular flexibility index (Phi) is 5.06. The minimum Gasteiger partial charge on any atom is -0.370 e. The van der Waals surface area contributed by atoms with Crippen LogP contribution in [-0.4, -0.2) is 44.2 Å². The standard InChI is InChI=1S/C17H29N3/c1-13-7-8-17(15(10-13)11-14(2)18)20-9-5-6-16(12-20)19(3)4/h7-8,10,14,16H,5-6,9,11-12,18H2,1-4H3. The zero-order valence-corrected chi connectivity index (χ0v) is 13.4. The van der Waals surface area contributed by atoms with Gasteiger partial charge in [-0.15, -0.1) is 0 Å². The second-order valence-electron chi connectivity index (χ2n) is 6.52. The molecule has 1 aliphatic heterocycles. The molecular weight excluding hydrogens is 246 g/mol. The van der Waals surface area contributed by atoms with Crippen molar-refractivity contribution in [3.63, 3.8) is 0 Å². The summed E-state index contributed by atoms with van der Waals surface area (Å²) < 4.78 is 0. The average molecular weight is 275 g/mol. The third-order valence-electron chi connectivity index (χ3n) is 4.24. The number of anilines is 1. The summed E-state index contributed by atoms with van der Waals surface area (Å²) in [6, 6.07) is 7.68. The lowest BCUT2D eigenvalue weighted by Crippen LogP contribution is -2.45. The summed E-state index contributed by atoms with van der Waals surface area (Å²) in [6.07, 6.45) is 3.53. The number of likely N-dealkylation sites (N-methyl/N-ethyl adjacent to an activating group) is 1. The smallest absolute Gasteiger partial charge is 0.0400 e. The van der Waals surface area contributed by atoms with Crippen molar-refractivity contribution in [1.82, 2.24) is 4.90 Å². The Hall–Kier alpha value is -1.06. The summed E-state index contributed by atoms with van der Waals surface area (Å²) in [5.74, 6) is 0. The fourth-order valence-electron chi connectivity index (χ4n) is 3.13. The minimum atomic E-state index is 0.213. The first-order valence-corrected chi connectivity index (χ1v) is 7.74. The maximum absolute atomic E-state index is 6.02. The zero-order chi connectivity index (χ0) is 14.7. The van der Waals surface area contributed by atoms with Gasteiger partial charge in [-0.2, -0.15) is 0 Å². The van der Waals surface area contributed by atoms with Crippen LogP contribution in [0.15, 0.2) is 18.2 Å². The molecule has 0 spiro atoms. The van der Waals surface area contributed by atoms with Crippen molar-refractivity contribution in [3.05, 3.63) is 29.3 Å². The predicted octanol–water partition coefficient (Wildman–Crippen LogP) is 2.42. The summed E-state index contributed by atoms with van der Waals surface area (Å²) in [6.45, 7) is 6.54. The molecule has 0 radical (unpaired) electrons. The summed E-state index contributed by atoms with van der Waals surface area (Å²) in [5.41, 5.74) is 10.1. The Balaban J connectivity index is 2.22. The first-order chi connectivity index (χ1) is 9.47. The Morgan fingerprint density at radius 1 is 1.40 bits per heavy atom. The molecule has 0 aromatic heterocycles. The molecule has 2 rings (SSSR count). The fraction of sp³-hybridized carbons (Fsp3) is 0.647. The van der Waals surface area contributed by atoms with Crippen molar-refractivity contribution in [2.24, 2.45) is 5.73 Å². The summed E-state index contributed by atoms with van der Waals surface area (Å²) in [7, 11) is 4.37. The van der Waals surface area contributed by atoms with Crippen LogP contribution in [0.4, 0.5) is 5.69 Å². The Labute approximate surface area is 123 Å². The van der Waals surface area contributed by atoms with E-state index in [4.69, 9.17) is 5.73 Å². The van der Waals surface area contributed by atoms with Gasteiger partial charge < -0.3 is 15.5 Å². The van der Waals surface area contributed by atoms with E-state index in [1.807, 2.05) is 0 Å². The number of aryl methyl sites for hydroxylation is 1. The third-order valence-corrected chi connectivity index (χ3v) is 4.24. The van der Waals surface area contributed by atoms with Crippen LogP contribution in [0, 0.1) is 6.92 Å². The molecular formula is C17H29N3. The molecule has 2 unspecified atom stereocenters. The van der Waals surface area contributed by atoms with Crippen molar-refractivity contribution in [2.75, 3.05) is 32.1 Å². The van der Waals surface area contributed by atoms with E-state index in [0.717, 1.165) is 13.0 Å². The monoisotopic (exact) mass is 275 g/mol. The molecule has 1 saturated heterocycles. The number of rotatable bonds is 4. The van der Waals surface area contributed by atoms with Crippen LogP contribution in [0.5, 0.6) is 0 Å². The minimum absolute atomic E-state index is 0.213. The van der Waals surface area contributed by atoms with Crippen LogP contribution in [0.1, 0.15) is 30.9 Å². The predicted molar refractivity (Wildman–Crippen MR) is 87.5 cm³/mol. The Bertz CT molecular complexity index is 440. The molecule has 1 aromatic carbocycles. The second-order valence-corrected chi connectivity index (χ2v) is 6.52. The van der Waals surface area contributed by atoms with E-state index in [0.29, 0.717) is 6.04 Å². The normalized spacial score (nSPS) is 21.3. The average Bonchev–Trinajstić information content (AvgIpc) is 2.38. The van der Waals surface area contributed by atoms with Crippen molar-refractivity contribution in [2.45, 2.75) is 45.2 Å². The SMILES string of the molecule is Cc1ccc(N2CCCC(N(C)C)C2)c(CC(C)N)c1. The molecule has 3 heteroatoms. The number of nitrogens with two attached hydrogens (primary N) is 1. The molecule has 0 bridgehead atoms. The topological polar surface area (TPSA) is 32.5 Å². The number of benzene rings is 1. The van der Waals surface area contributed by atoms with Crippen LogP contribution in [-0.2, 0) is 6.42 Å². The highest BCUT2D eigenvalue weighted by molar-refractivity contribution is 5.55. The third kappa shape index (κ3) is 3.74. The molecule has 1 aromatic rings. The lowest BCUT2D eigenvalue weighted by molar-refractivity contribution is 0.258. The quantitative estimate of drug-likeness (QED) is 0.916. The Morgan fingerprint density at radius 3 is 2.80 bits per heavy atom. The summed E-state index contributed by atoms with van der Waals surface area (Å²) >= 11 is 0. The highest BCUT2D eigenvalue weighted by atomic mass is 15.2. The van der Waals surface area contributed by atoms with Crippen LogP contribution < -0.4 is 10.6 Å². The van der Waals surface area contributed by atoms with E-state index in [-0.39, 0.29) is 6.04 Å². The summed E-state index contributed by atoms with van der Waals surface area (Å²) in [4.78, 5) is 4.90. The Morgan fingerprint density at radius 2 is 2.15 bits per heavy atom. The molecule has 20 heavy (non-hydrogen) atoms. The van der Waals surface area contributed by atoms with E-state index in [9.17, 15) is 0 Å². The van der Waals surface area contributed by atoms with E-state index in [1.165, 1.54) is 36.2 Å². The van der Waals surface area contributed by atoms with Crippen molar-refractivity contribution >= 4 is 5.69 Å². The second kappa shape index (κ2) is 6.59. The van der Waals surface area contributed by atoms with Gasteiger partial charge in [-0.3, -0.25) is 0 Å². The number of hydrogen-bond acceptors (Lipinski definition) is 3. The van der Waals surface area contributed by atoms with E-state index in [2.05, 4.69) is 55.9 Å². The van der Waals surface area contributed by atoms with E-state index in [1.54, 1.807) is 0 Å². The molecule has 2 atom stereocenters. The molecule has 0 aliphatic carbocycles. The first-order valence-electron chi connectivity index (χ1n) is 7.74. The van der Waals surface area contributed by atoms with Gasteiger partial charge in [0.1, 0.15) is 0 Å². The fourth-order valence-corrected chi connectivity index (χ4v) is 3.13. The van der Waals surface area contributed by atoms with Crippen molar-refractivity contribution < 1.29 is 0 Å². The molecule has 0 amide bonds. The van der Waals surface area contributed by atoms with E-state index < -0.39 is 0 Å². The van der Waals surface area contributed by atoms with Crippen LogP contribution in [0.2, 0.25) is 0 Å². The molecule has 112 valence electrons. The van der Waals surface area contributed by atoms with Gasteiger partial charge in [0, 0.05) is 30.9 Å². The molecule has 1 fully saturated rings. The van der Waals surface area contributed by atoms with Gasteiger partial charge in [-0.05, 0) is 58.8 Å². The van der Waals surface area contributed by atoms with Gasteiger partial charge in [-0.1, -0.05) is 17.7 Å². The molecule has 3 nitrogen and oxygen atoms in total. The maximum Gasteiger partial charge on any atom is 0.0400 e. The van der Waals surface area contributed by atoms with Gasteiger partial charge in [0.15, 0.2) is 0 Å². The molecule has 1 heterocycles. The summed E-state index contributed by atoms with van der Waals surface area (Å²) in [5, 5.41) is 0. The molecule has 2 N–H and O–H groups in total. The van der Waals surface area contributed by atoms with Gasteiger partial charge >= 0.3 is 0 Å². The van der Waals surface area contributed by atoms with Gasteiger partial charge in [0.05, 0.1) is 0 Å². The number of piperidine rings is 1.